The Morgan fingerprint density at radius 2 is 1.67 bits per heavy atom. The molecule has 0 aliphatic rings. The van der Waals surface area contributed by atoms with Gasteiger partial charge < -0.3 is 14.0 Å². The average Bonchev–Trinajstić information content (AvgIpc) is 3.38. The summed E-state index contributed by atoms with van der Waals surface area (Å²) < 4.78 is 18.1. The van der Waals surface area contributed by atoms with E-state index in [-0.39, 0.29) is 18.0 Å². The van der Waals surface area contributed by atoms with Crippen LogP contribution in [-0.4, -0.2) is 28.1 Å². The highest BCUT2D eigenvalue weighted by molar-refractivity contribution is 6.01. The number of ketones is 1. The Labute approximate surface area is 191 Å². The van der Waals surface area contributed by atoms with Crippen molar-refractivity contribution in [2.75, 3.05) is 6.61 Å². The highest BCUT2D eigenvalue weighted by atomic mass is 16.5. The van der Waals surface area contributed by atoms with Gasteiger partial charge >= 0.3 is 5.97 Å². The van der Waals surface area contributed by atoms with E-state index in [1.807, 2.05) is 48.7 Å². The Hall–Kier alpha value is -4.13. The second-order valence-electron chi connectivity index (χ2n) is 7.69. The van der Waals surface area contributed by atoms with Crippen molar-refractivity contribution in [2.24, 2.45) is 0 Å². The standard InChI is InChI=1S/C26H24N2O5/c1-17-13-22(19(3)28(17)25-14-18(2)33-27-25)23(29)16-32-26(30)21-11-7-8-12-24(21)31-15-20-9-5-4-6-10-20/h4-14H,15-16H2,1-3H3. The van der Waals surface area contributed by atoms with Gasteiger partial charge in [0.2, 0.25) is 5.78 Å². The number of esters is 1. The molecular weight excluding hydrogens is 420 g/mol. The van der Waals surface area contributed by atoms with Crippen molar-refractivity contribution in [1.29, 1.82) is 0 Å². The number of nitrogens with zero attached hydrogens (tertiary/aromatic N) is 2. The SMILES string of the molecule is Cc1cc(-n2c(C)cc(C(=O)COC(=O)c3ccccc3OCc3ccccc3)c2C)no1. The van der Waals surface area contributed by atoms with Gasteiger partial charge in [0.05, 0.1) is 0 Å². The molecule has 7 nitrogen and oxygen atoms in total. The number of ether oxygens (including phenoxy) is 2. The normalized spacial score (nSPS) is 10.8. The summed E-state index contributed by atoms with van der Waals surface area (Å²) >= 11 is 0. The van der Waals surface area contributed by atoms with E-state index in [4.69, 9.17) is 14.0 Å². The Morgan fingerprint density at radius 1 is 0.939 bits per heavy atom. The van der Waals surface area contributed by atoms with Crippen molar-refractivity contribution in [3.8, 4) is 11.6 Å². The number of aromatic nitrogens is 2. The fraction of sp³-hybridized carbons (Fsp3) is 0.192. The van der Waals surface area contributed by atoms with Gasteiger partial charge in [-0.1, -0.05) is 47.6 Å². The Bertz CT molecular complexity index is 1290. The van der Waals surface area contributed by atoms with Crippen LogP contribution in [0.15, 0.2) is 71.3 Å². The van der Waals surface area contributed by atoms with Crippen LogP contribution >= 0.6 is 0 Å². The molecule has 0 fully saturated rings. The molecule has 2 aromatic heterocycles. The van der Waals surface area contributed by atoms with E-state index in [9.17, 15) is 9.59 Å². The predicted molar refractivity (Wildman–Crippen MR) is 122 cm³/mol. The lowest BCUT2D eigenvalue weighted by Crippen LogP contribution is -2.16. The van der Waals surface area contributed by atoms with Gasteiger partial charge in [-0.2, -0.15) is 0 Å². The molecule has 0 amide bonds. The van der Waals surface area contributed by atoms with Crippen molar-refractivity contribution >= 4 is 11.8 Å². The smallest absolute Gasteiger partial charge is 0.342 e. The van der Waals surface area contributed by atoms with E-state index in [2.05, 4.69) is 5.16 Å². The zero-order chi connectivity index (χ0) is 23.4. The maximum Gasteiger partial charge on any atom is 0.342 e. The van der Waals surface area contributed by atoms with Gasteiger partial charge in [0.15, 0.2) is 12.4 Å². The van der Waals surface area contributed by atoms with E-state index in [1.165, 1.54) is 0 Å². The van der Waals surface area contributed by atoms with Gasteiger partial charge in [0.1, 0.15) is 23.7 Å². The number of Topliss-reactive ketones (excluding diaryl/α,β-unsaturated/α-hetero) is 1. The van der Waals surface area contributed by atoms with Gasteiger partial charge in [-0.25, -0.2) is 4.79 Å². The number of carbonyl (C=O) groups excluding carboxylic acids is 2. The van der Waals surface area contributed by atoms with Crippen LogP contribution in [0.4, 0.5) is 0 Å². The molecule has 0 spiro atoms. The molecule has 0 saturated heterocycles. The second kappa shape index (κ2) is 9.56. The Balaban J connectivity index is 1.44. The first kappa shape index (κ1) is 22.1. The molecule has 7 heteroatoms. The molecule has 0 atom stereocenters. The van der Waals surface area contributed by atoms with Crippen LogP contribution in [0, 0.1) is 20.8 Å². The summed E-state index contributed by atoms with van der Waals surface area (Å²) in [7, 11) is 0. The van der Waals surface area contributed by atoms with Crippen LogP contribution in [0.5, 0.6) is 5.75 Å². The first-order chi connectivity index (χ1) is 15.9. The summed E-state index contributed by atoms with van der Waals surface area (Å²) in [6.45, 7) is 5.43. The van der Waals surface area contributed by atoms with Crippen LogP contribution in [0.2, 0.25) is 0 Å². The van der Waals surface area contributed by atoms with Gasteiger partial charge in [0.25, 0.3) is 0 Å². The minimum atomic E-state index is -0.618. The minimum absolute atomic E-state index is 0.268. The fourth-order valence-corrected chi connectivity index (χ4v) is 3.64. The van der Waals surface area contributed by atoms with E-state index < -0.39 is 5.97 Å². The maximum atomic E-state index is 12.8. The molecule has 33 heavy (non-hydrogen) atoms. The van der Waals surface area contributed by atoms with Gasteiger partial charge in [-0.3, -0.25) is 9.36 Å². The summed E-state index contributed by atoms with van der Waals surface area (Å²) in [4.78, 5) is 25.5. The topological polar surface area (TPSA) is 83.6 Å². The van der Waals surface area contributed by atoms with E-state index in [0.29, 0.717) is 35.2 Å². The number of aryl methyl sites for hydroxylation is 2. The van der Waals surface area contributed by atoms with Gasteiger partial charge in [-0.05, 0) is 44.5 Å². The average molecular weight is 444 g/mol. The van der Waals surface area contributed by atoms with E-state index in [1.54, 1.807) is 43.3 Å². The molecule has 2 aromatic carbocycles. The number of hydrogen-bond acceptors (Lipinski definition) is 6. The van der Waals surface area contributed by atoms with Crippen LogP contribution < -0.4 is 4.74 Å². The third kappa shape index (κ3) is 4.87. The first-order valence-corrected chi connectivity index (χ1v) is 10.5. The minimum Gasteiger partial charge on any atom is -0.488 e. The van der Waals surface area contributed by atoms with E-state index in [0.717, 1.165) is 11.3 Å². The lowest BCUT2D eigenvalue weighted by molar-refractivity contribution is 0.0470. The Kier molecular flexibility index (Phi) is 6.40. The zero-order valence-corrected chi connectivity index (χ0v) is 18.7. The number of hydrogen-bond donors (Lipinski definition) is 0. The van der Waals surface area contributed by atoms with Crippen molar-refractivity contribution in [3.05, 3.63) is 101 Å². The van der Waals surface area contributed by atoms with Crippen LogP contribution in [-0.2, 0) is 11.3 Å². The first-order valence-electron chi connectivity index (χ1n) is 10.5. The van der Waals surface area contributed by atoms with Crippen LogP contribution in [0.25, 0.3) is 5.82 Å². The molecule has 0 aliphatic carbocycles. The third-order valence-electron chi connectivity index (χ3n) is 5.25. The Morgan fingerprint density at radius 3 is 2.39 bits per heavy atom. The zero-order valence-electron chi connectivity index (χ0n) is 18.7. The van der Waals surface area contributed by atoms with Crippen molar-refractivity contribution in [1.82, 2.24) is 9.72 Å². The molecule has 4 aromatic rings. The van der Waals surface area contributed by atoms with Crippen LogP contribution in [0.1, 0.15) is 43.4 Å². The highest BCUT2D eigenvalue weighted by Gasteiger charge is 2.21. The summed E-state index contributed by atoms with van der Waals surface area (Å²) in [6, 6.07) is 20.0. The highest BCUT2D eigenvalue weighted by Crippen LogP contribution is 2.23. The molecule has 0 N–H and O–H groups in total. The van der Waals surface area contributed by atoms with Crippen molar-refractivity contribution in [3.63, 3.8) is 0 Å². The summed E-state index contributed by atoms with van der Waals surface area (Å²) in [5.74, 6) is 0.757. The monoisotopic (exact) mass is 444 g/mol. The fourth-order valence-electron chi connectivity index (χ4n) is 3.64. The molecule has 4 rings (SSSR count). The van der Waals surface area contributed by atoms with Gasteiger partial charge in [-0.15, -0.1) is 0 Å². The molecule has 0 unspecified atom stereocenters. The summed E-state index contributed by atoms with van der Waals surface area (Å²) in [6.07, 6.45) is 0. The summed E-state index contributed by atoms with van der Waals surface area (Å²) in [5.41, 5.74) is 3.25. The molecule has 0 saturated carbocycles. The van der Waals surface area contributed by atoms with Gasteiger partial charge in [0, 0.05) is 23.0 Å². The number of benzene rings is 2. The molecular formula is C26H24N2O5. The predicted octanol–water partition coefficient (Wildman–Crippen LogP) is 5.01. The van der Waals surface area contributed by atoms with E-state index >= 15 is 0 Å². The molecule has 2 heterocycles. The largest absolute Gasteiger partial charge is 0.488 e. The quantitative estimate of drug-likeness (QED) is 0.281. The molecule has 0 bridgehead atoms. The maximum absolute atomic E-state index is 12.8. The molecule has 168 valence electrons. The number of para-hydroxylation sites is 1. The van der Waals surface area contributed by atoms with Crippen LogP contribution in [0.3, 0.4) is 0 Å². The number of carbonyl (C=O) groups is 2. The lowest BCUT2D eigenvalue weighted by Gasteiger charge is -2.11. The lowest BCUT2D eigenvalue weighted by atomic mass is 10.1. The molecule has 0 aliphatic heterocycles. The summed E-state index contributed by atoms with van der Waals surface area (Å²) in [5, 5.41) is 4.02. The van der Waals surface area contributed by atoms with Crippen molar-refractivity contribution < 1.29 is 23.6 Å². The van der Waals surface area contributed by atoms with Crippen molar-refractivity contribution in [2.45, 2.75) is 27.4 Å². The molecule has 0 radical (unpaired) electrons. The third-order valence-corrected chi connectivity index (χ3v) is 5.25. The number of rotatable bonds is 8. The second-order valence-corrected chi connectivity index (χ2v) is 7.69.